The molecule has 0 radical (unpaired) electrons. The molecule has 1 atom stereocenters. The standard InChI is InChI=1S/C24H24N4O5/c1-14(11-22(29)26-21-12-20(23(30)31)27-28(21)2)25-24(32)33-13-19-17-9-5-3-7-15(17)16-8-4-6-10-18(16)19/h3-10,12,14,19H,11,13H2,1-2H3,(H,25,32)(H,26,29)(H,30,31)/t14-/m1/s1. The average molecular weight is 448 g/mol. The van der Waals surface area contributed by atoms with E-state index in [1.807, 2.05) is 36.4 Å². The van der Waals surface area contributed by atoms with E-state index < -0.39 is 18.1 Å². The molecule has 3 N–H and O–H groups in total. The van der Waals surface area contributed by atoms with E-state index in [4.69, 9.17) is 9.84 Å². The van der Waals surface area contributed by atoms with Gasteiger partial charge < -0.3 is 20.5 Å². The predicted molar refractivity (Wildman–Crippen MR) is 121 cm³/mol. The number of alkyl carbamates (subject to hydrolysis) is 1. The molecule has 2 aromatic carbocycles. The second kappa shape index (κ2) is 9.15. The van der Waals surface area contributed by atoms with Crippen LogP contribution in [0.3, 0.4) is 0 Å². The van der Waals surface area contributed by atoms with Crippen LogP contribution in [0.2, 0.25) is 0 Å². The van der Waals surface area contributed by atoms with Crippen molar-refractivity contribution in [2.24, 2.45) is 7.05 Å². The number of hydrogen-bond donors (Lipinski definition) is 3. The molecule has 4 rings (SSSR count). The van der Waals surface area contributed by atoms with Gasteiger partial charge in [-0.15, -0.1) is 0 Å². The highest BCUT2D eigenvalue weighted by molar-refractivity contribution is 5.92. The lowest BCUT2D eigenvalue weighted by Crippen LogP contribution is -2.36. The smallest absolute Gasteiger partial charge is 0.407 e. The molecule has 0 spiro atoms. The number of aromatic carboxylic acids is 1. The monoisotopic (exact) mass is 448 g/mol. The van der Waals surface area contributed by atoms with Crippen molar-refractivity contribution in [2.45, 2.75) is 25.3 Å². The minimum Gasteiger partial charge on any atom is -0.476 e. The van der Waals surface area contributed by atoms with E-state index in [0.717, 1.165) is 22.3 Å². The molecule has 1 aliphatic rings. The molecular formula is C24H24N4O5. The SMILES string of the molecule is C[C@H](CC(=O)Nc1cc(C(=O)O)nn1C)NC(=O)OCC1c2ccccc2-c2ccccc21. The van der Waals surface area contributed by atoms with Gasteiger partial charge in [0, 0.05) is 31.5 Å². The van der Waals surface area contributed by atoms with Gasteiger partial charge in [-0.2, -0.15) is 5.10 Å². The molecule has 0 saturated carbocycles. The zero-order chi connectivity index (χ0) is 23.5. The Balaban J connectivity index is 1.30. The van der Waals surface area contributed by atoms with Crippen molar-refractivity contribution in [3.8, 4) is 11.1 Å². The summed E-state index contributed by atoms with van der Waals surface area (Å²) in [6.45, 7) is 1.87. The third-order valence-corrected chi connectivity index (χ3v) is 5.57. The Labute approximate surface area is 190 Å². The summed E-state index contributed by atoms with van der Waals surface area (Å²) in [5.41, 5.74) is 4.37. The topological polar surface area (TPSA) is 123 Å². The molecule has 3 aromatic rings. The molecule has 1 heterocycles. The van der Waals surface area contributed by atoms with Crippen LogP contribution < -0.4 is 10.6 Å². The first-order valence-electron chi connectivity index (χ1n) is 10.5. The summed E-state index contributed by atoms with van der Waals surface area (Å²) in [6.07, 6.45) is -0.622. The van der Waals surface area contributed by atoms with E-state index in [0.29, 0.717) is 0 Å². The number of nitrogens with zero attached hydrogens (tertiary/aromatic N) is 2. The van der Waals surface area contributed by atoms with Gasteiger partial charge in [-0.3, -0.25) is 9.48 Å². The third-order valence-electron chi connectivity index (χ3n) is 5.57. The van der Waals surface area contributed by atoms with E-state index in [2.05, 4.69) is 27.9 Å². The van der Waals surface area contributed by atoms with Gasteiger partial charge in [-0.05, 0) is 29.2 Å². The zero-order valence-electron chi connectivity index (χ0n) is 18.2. The van der Waals surface area contributed by atoms with Crippen LogP contribution in [-0.2, 0) is 16.6 Å². The Bertz CT molecular complexity index is 1170. The molecule has 0 aliphatic heterocycles. The van der Waals surface area contributed by atoms with E-state index in [9.17, 15) is 14.4 Å². The van der Waals surface area contributed by atoms with Crippen molar-refractivity contribution in [2.75, 3.05) is 11.9 Å². The van der Waals surface area contributed by atoms with E-state index in [1.54, 1.807) is 6.92 Å². The number of hydrogen-bond acceptors (Lipinski definition) is 5. The lowest BCUT2D eigenvalue weighted by molar-refractivity contribution is -0.116. The predicted octanol–water partition coefficient (Wildman–Crippen LogP) is 3.37. The number of aromatic nitrogens is 2. The van der Waals surface area contributed by atoms with Gasteiger partial charge in [0.05, 0.1) is 0 Å². The highest BCUT2D eigenvalue weighted by Gasteiger charge is 2.29. The zero-order valence-corrected chi connectivity index (χ0v) is 18.2. The number of nitrogens with one attached hydrogen (secondary N) is 2. The Hall–Kier alpha value is -4.14. The van der Waals surface area contributed by atoms with Gasteiger partial charge in [-0.1, -0.05) is 48.5 Å². The summed E-state index contributed by atoms with van der Waals surface area (Å²) in [7, 11) is 1.53. The molecule has 170 valence electrons. The number of carboxylic acid groups (broad SMARTS) is 1. The number of rotatable bonds is 7. The fraction of sp³-hybridized carbons (Fsp3) is 0.250. The van der Waals surface area contributed by atoms with Crippen LogP contribution >= 0.6 is 0 Å². The third kappa shape index (κ3) is 4.72. The van der Waals surface area contributed by atoms with Crippen molar-refractivity contribution in [3.63, 3.8) is 0 Å². The summed E-state index contributed by atoms with van der Waals surface area (Å²) < 4.78 is 6.77. The summed E-state index contributed by atoms with van der Waals surface area (Å²) in [5.74, 6) is -1.36. The Kier molecular flexibility index (Phi) is 6.12. The first-order chi connectivity index (χ1) is 15.8. The maximum atomic E-state index is 12.4. The Morgan fingerprint density at radius 1 is 1.09 bits per heavy atom. The van der Waals surface area contributed by atoms with Crippen LogP contribution in [0.15, 0.2) is 54.6 Å². The Morgan fingerprint density at radius 2 is 1.70 bits per heavy atom. The van der Waals surface area contributed by atoms with Crippen LogP contribution in [-0.4, -0.2) is 45.5 Å². The second-order valence-corrected chi connectivity index (χ2v) is 7.97. The van der Waals surface area contributed by atoms with E-state index in [-0.39, 0.29) is 36.4 Å². The average Bonchev–Trinajstić information content (AvgIpc) is 3.30. The van der Waals surface area contributed by atoms with Gasteiger partial charge >= 0.3 is 12.1 Å². The molecule has 9 nitrogen and oxygen atoms in total. The van der Waals surface area contributed by atoms with Crippen molar-refractivity contribution < 1.29 is 24.2 Å². The van der Waals surface area contributed by atoms with Gasteiger partial charge in [0.2, 0.25) is 5.91 Å². The molecule has 1 aliphatic carbocycles. The highest BCUT2D eigenvalue weighted by Crippen LogP contribution is 2.44. The van der Waals surface area contributed by atoms with Crippen molar-refractivity contribution in [3.05, 3.63) is 71.4 Å². The summed E-state index contributed by atoms with van der Waals surface area (Å²) in [6, 6.07) is 16.9. The minimum atomic E-state index is -1.18. The number of carbonyl (C=O) groups excluding carboxylic acids is 2. The number of benzene rings is 2. The van der Waals surface area contributed by atoms with Gasteiger partial charge in [0.15, 0.2) is 5.69 Å². The number of anilines is 1. The number of amides is 2. The van der Waals surface area contributed by atoms with Crippen molar-refractivity contribution in [1.29, 1.82) is 0 Å². The number of carbonyl (C=O) groups is 3. The minimum absolute atomic E-state index is 0.0161. The molecule has 0 unspecified atom stereocenters. The summed E-state index contributed by atoms with van der Waals surface area (Å²) in [5, 5.41) is 18.0. The van der Waals surface area contributed by atoms with Gasteiger partial charge in [-0.25, -0.2) is 9.59 Å². The summed E-state index contributed by atoms with van der Waals surface area (Å²) >= 11 is 0. The molecule has 0 saturated heterocycles. The number of carboxylic acids is 1. The number of aryl methyl sites for hydroxylation is 1. The molecule has 33 heavy (non-hydrogen) atoms. The lowest BCUT2D eigenvalue weighted by atomic mass is 9.98. The van der Waals surface area contributed by atoms with Gasteiger partial charge in [0.1, 0.15) is 12.4 Å². The number of ether oxygens (including phenoxy) is 1. The molecule has 1 aromatic heterocycles. The molecular weight excluding hydrogens is 424 g/mol. The fourth-order valence-electron chi connectivity index (χ4n) is 4.05. The van der Waals surface area contributed by atoms with Crippen LogP contribution in [0, 0.1) is 0 Å². The largest absolute Gasteiger partial charge is 0.476 e. The first kappa shape index (κ1) is 22.1. The lowest BCUT2D eigenvalue weighted by Gasteiger charge is -2.17. The number of fused-ring (bicyclic) bond motifs is 3. The van der Waals surface area contributed by atoms with E-state index in [1.165, 1.54) is 17.8 Å². The Morgan fingerprint density at radius 3 is 2.27 bits per heavy atom. The maximum absolute atomic E-state index is 12.4. The fourth-order valence-corrected chi connectivity index (χ4v) is 4.05. The molecule has 9 heteroatoms. The molecule has 2 amide bonds. The van der Waals surface area contributed by atoms with Crippen LogP contribution in [0.5, 0.6) is 0 Å². The van der Waals surface area contributed by atoms with Crippen LogP contribution in [0.25, 0.3) is 11.1 Å². The molecule has 0 fully saturated rings. The molecule has 0 bridgehead atoms. The van der Waals surface area contributed by atoms with Crippen molar-refractivity contribution in [1.82, 2.24) is 15.1 Å². The normalized spacial score (nSPS) is 13.0. The van der Waals surface area contributed by atoms with Crippen molar-refractivity contribution >= 4 is 23.8 Å². The highest BCUT2D eigenvalue weighted by atomic mass is 16.5. The second-order valence-electron chi connectivity index (χ2n) is 7.97. The maximum Gasteiger partial charge on any atom is 0.407 e. The van der Waals surface area contributed by atoms with Crippen LogP contribution in [0.1, 0.15) is 40.9 Å². The summed E-state index contributed by atoms with van der Waals surface area (Å²) in [4.78, 5) is 35.6. The van der Waals surface area contributed by atoms with Gasteiger partial charge in [0.25, 0.3) is 0 Å². The first-order valence-corrected chi connectivity index (χ1v) is 10.5. The quantitative estimate of drug-likeness (QED) is 0.509. The van der Waals surface area contributed by atoms with E-state index >= 15 is 0 Å². The van der Waals surface area contributed by atoms with Crippen LogP contribution in [0.4, 0.5) is 10.6 Å².